The maximum Gasteiger partial charge on any atom is 0.250 e. The standard InChI is InChI=1S/C18H17N3O3/c1-23-13-9-7-12(16(11-13)24-2)8-10-17(22)21-18-19-14-5-3-4-6-15(14)20-18/h3-11H,1-2H3,(H2,19,20,21,22)/b10-8+. The number of ether oxygens (including phenoxy) is 2. The van der Waals surface area contributed by atoms with Crippen LogP contribution in [0.3, 0.4) is 0 Å². The largest absolute Gasteiger partial charge is 0.497 e. The molecule has 1 heterocycles. The maximum atomic E-state index is 12.1. The Morgan fingerprint density at radius 1 is 1.17 bits per heavy atom. The van der Waals surface area contributed by atoms with Gasteiger partial charge in [-0.2, -0.15) is 0 Å². The van der Waals surface area contributed by atoms with Crippen LogP contribution in [0.1, 0.15) is 5.56 Å². The third-order valence-electron chi connectivity index (χ3n) is 3.49. The van der Waals surface area contributed by atoms with Gasteiger partial charge in [-0.15, -0.1) is 0 Å². The molecule has 2 N–H and O–H groups in total. The molecule has 6 nitrogen and oxygen atoms in total. The van der Waals surface area contributed by atoms with Gasteiger partial charge in [-0.25, -0.2) is 4.98 Å². The maximum absolute atomic E-state index is 12.1. The second-order valence-electron chi connectivity index (χ2n) is 5.03. The molecule has 122 valence electrons. The van der Waals surface area contributed by atoms with Crippen LogP contribution >= 0.6 is 0 Å². The van der Waals surface area contributed by atoms with Crippen molar-refractivity contribution in [3.05, 3.63) is 54.1 Å². The summed E-state index contributed by atoms with van der Waals surface area (Å²) in [7, 11) is 3.16. The Bertz CT molecular complexity index is 866. The van der Waals surface area contributed by atoms with Crippen molar-refractivity contribution in [2.24, 2.45) is 0 Å². The number of aromatic amines is 1. The number of benzene rings is 2. The first kappa shape index (κ1) is 15.6. The molecule has 0 fully saturated rings. The van der Waals surface area contributed by atoms with E-state index in [4.69, 9.17) is 9.47 Å². The molecule has 0 spiro atoms. The Kier molecular flexibility index (Phi) is 4.47. The molecule has 2 aromatic carbocycles. The van der Waals surface area contributed by atoms with E-state index in [9.17, 15) is 4.79 Å². The smallest absolute Gasteiger partial charge is 0.250 e. The monoisotopic (exact) mass is 323 g/mol. The molecule has 0 saturated carbocycles. The summed E-state index contributed by atoms with van der Waals surface area (Å²) in [4.78, 5) is 19.4. The number of para-hydroxylation sites is 2. The van der Waals surface area contributed by atoms with Crippen molar-refractivity contribution in [1.82, 2.24) is 9.97 Å². The highest BCUT2D eigenvalue weighted by Gasteiger charge is 2.06. The number of amides is 1. The van der Waals surface area contributed by atoms with Crippen LogP contribution in [0.4, 0.5) is 5.95 Å². The van der Waals surface area contributed by atoms with Crippen LogP contribution in [0.15, 0.2) is 48.5 Å². The number of H-pyrrole nitrogens is 1. The van der Waals surface area contributed by atoms with Gasteiger partial charge in [-0.3, -0.25) is 10.1 Å². The normalized spacial score (nSPS) is 10.9. The molecule has 0 aliphatic carbocycles. The van der Waals surface area contributed by atoms with E-state index in [0.717, 1.165) is 16.6 Å². The van der Waals surface area contributed by atoms with Crippen molar-refractivity contribution >= 4 is 29.0 Å². The molecule has 6 heteroatoms. The van der Waals surface area contributed by atoms with Crippen LogP contribution in [-0.4, -0.2) is 30.1 Å². The molecule has 0 atom stereocenters. The average molecular weight is 323 g/mol. The second kappa shape index (κ2) is 6.87. The zero-order valence-corrected chi connectivity index (χ0v) is 13.4. The van der Waals surface area contributed by atoms with E-state index in [1.54, 1.807) is 32.4 Å². The van der Waals surface area contributed by atoms with Gasteiger partial charge < -0.3 is 14.5 Å². The molecule has 0 saturated heterocycles. The molecule has 1 aromatic heterocycles. The Balaban J connectivity index is 1.73. The number of carbonyl (C=O) groups excluding carboxylic acids is 1. The van der Waals surface area contributed by atoms with Crippen molar-refractivity contribution in [2.75, 3.05) is 19.5 Å². The predicted molar refractivity (Wildman–Crippen MR) is 93.3 cm³/mol. The summed E-state index contributed by atoms with van der Waals surface area (Å²) in [5, 5.41) is 2.70. The molecule has 0 aliphatic heterocycles. The van der Waals surface area contributed by atoms with Crippen LogP contribution < -0.4 is 14.8 Å². The molecular formula is C18H17N3O3. The van der Waals surface area contributed by atoms with Gasteiger partial charge in [0, 0.05) is 17.7 Å². The van der Waals surface area contributed by atoms with E-state index in [2.05, 4.69) is 15.3 Å². The topological polar surface area (TPSA) is 76.2 Å². The van der Waals surface area contributed by atoms with E-state index in [-0.39, 0.29) is 5.91 Å². The van der Waals surface area contributed by atoms with Gasteiger partial charge in [-0.05, 0) is 30.3 Å². The lowest BCUT2D eigenvalue weighted by Crippen LogP contribution is -2.08. The number of methoxy groups -OCH3 is 2. The molecule has 3 aromatic rings. The minimum absolute atomic E-state index is 0.285. The lowest BCUT2D eigenvalue weighted by Gasteiger charge is -2.07. The molecule has 0 unspecified atom stereocenters. The van der Waals surface area contributed by atoms with Crippen molar-refractivity contribution in [3.63, 3.8) is 0 Å². The zero-order chi connectivity index (χ0) is 16.9. The molecule has 0 bridgehead atoms. The first-order valence-corrected chi connectivity index (χ1v) is 7.35. The van der Waals surface area contributed by atoms with Gasteiger partial charge in [0.2, 0.25) is 5.95 Å². The van der Waals surface area contributed by atoms with E-state index < -0.39 is 0 Å². The highest BCUT2D eigenvalue weighted by Crippen LogP contribution is 2.25. The Morgan fingerprint density at radius 3 is 2.75 bits per heavy atom. The first-order valence-electron chi connectivity index (χ1n) is 7.35. The minimum Gasteiger partial charge on any atom is -0.497 e. The van der Waals surface area contributed by atoms with Crippen molar-refractivity contribution < 1.29 is 14.3 Å². The number of hydrogen-bond donors (Lipinski definition) is 2. The number of hydrogen-bond acceptors (Lipinski definition) is 4. The van der Waals surface area contributed by atoms with E-state index >= 15 is 0 Å². The molecule has 24 heavy (non-hydrogen) atoms. The summed E-state index contributed by atoms with van der Waals surface area (Å²) in [6.07, 6.45) is 3.10. The van der Waals surface area contributed by atoms with Crippen LogP contribution in [0.5, 0.6) is 11.5 Å². The van der Waals surface area contributed by atoms with Crippen molar-refractivity contribution in [3.8, 4) is 11.5 Å². The van der Waals surface area contributed by atoms with E-state index in [1.807, 2.05) is 30.3 Å². The van der Waals surface area contributed by atoms with Crippen LogP contribution in [0, 0.1) is 0 Å². The predicted octanol–water partition coefficient (Wildman–Crippen LogP) is 3.23. The Morgan fingerprint density at radius 2 is 2.00 bits per heavy atom. The number of nitrogens with zero attached hydrogens (tertiary/aromatic N) is 1. The number of nitrogens with one attached hydrogen (secondary N) is 2. The lowest BCUT2D eigenvalue weighted by atomic mass is 10.1. The summed E-state index contributed by atoms with van der Waals surface area (Å²) in [6.45, 7) is 0. The third kappa shape index (κ3) is 3.38. The first-order chi connectivity index (χ1) is 11.7. The number of fused-ring (bicyclic) bond motifs is 1. The average Bonchev–Trinajstić information content (AvgIpc) is 3.01. The Labute approximate surface area is 139 Å². The molecule has 0 aliphatic rings. The van der Waals surface area contributed by atoms with Gasteiger partial charge in [0.15, 0.2) is 0 Å². The third-order valence-corrected chi connectivity index (χ3v) is 3.49. The fourth-order valence-electron chi connectivity index (χ4n) is 2.29. The number of rotatable bonds is 5. The molecule has 0 radical (unpaired) electrons. The van der Waals surface area contributed by atoms with Crippen LogP contribution in [-0.2, 0) is 4.79 Å². The molecule has 1 amide bonds. The van der Waals surface area contributed by atoms with Crippen LogP contribution in [0.25, 0.3) is 17.1 Å². The summed E-state index contributed by atoms with van der Waals surface area (Å²) in [6, 6.07) is 13.0. The van der Waals surface area contributed by atoms with Crippen molar-refractivity contribution in [1.29, 1.82) is 0 Å². The number of imidazole rings is 1. The zero-order valence-electron chi connectivity index (χ0n) is 13.4. The van der Waals surface area contributed by atoms with Gasteiger partial charge in [0.25, 0.3) is 5.91 Å². The van der Waals surface area contributed by atoms with E-state index in [0.29, 0.717) is 17.4 Å². The van der Waals surface area contributed by atoms with Crippen LogP contribution in [0.2, 0.25) is 0 Å². The van der Waals surface area contributed by atoms with Gasteiger partial charge in [-0.1, -0.05) is 12.1 Å². The number of anilines is 1. The number of aromatic nitrogens is 2. The molecular weight excluding hydrogens is 306 g/mol. The quantitative estimate of drug-likeness (QED) is 0.707. The van der Waals surface area contributed by atoms with Gasteiger partial charge >= 0.3 is 0 Å². The second-order valence-corrected chi connectivity index (χ2v) is 5.03. The van der Waals surface area contributed by atoms with Crippen molar-refractivity contribution in [2.45, 2.75) is 0 Å². The highest BCUT2D eigenvalue weighted by atomic mass is 16.5. The minimum atomic E-state index is -0.285. The van der Waals surface area contributed by atoms with E-state index in [1.165, 1.54) is 6.08 Å². The fourth-order valence-corrected chi connectivity index (χ4v) is 2.29. The summed E-state index contributed by atoms with van der Waals surface area (Å²) in [5.41, 5.74) is 2.44. The molecule has 3 rings (SSSR count). The lowest BCUT2D eigenvalue weighted by molar-refractivity contribution is -0.111. The number of carbonyl (C=O) groups is 1. The van der Waals surface area contributed by atoms with Gasteiger partial charge in [0.05, 0.1) is 25.3 Å². The van der Waals surface area contributed by atoms with Gasteiger partial charge in [0.1, 0.15) is 11.5 Å². The Hall–Kier alpha value is -3.28. The summed E-state index contributed by atoms with van der Waals surface area (Å²) >= 11 is 0. The summed E-state index contributed by atoms with van der Waals surface area (Å²) in [5.74, 6) is 1.44. The summed E-state index contributed by atoms with van der Waals surface area (Å²) < 4.78 is 10.4. The SMILES string of the molecule is COc1ccc(/C=C/C(=O)Nc2nc3ccccc3[nH]2)c(OC)c1. The fraction of sp³-hybridized carbons (Fsp3) is 0.111. The highest BCUT2D eigenvalue weighted by molar-refractivity contribution is 6.01.